The fraction of sp³-hybridized carbons (Fsp3) is 0.611. The van der Waals surface area contributed by atoms with Gasteiger partial charge in [0.1, 0.15) is 5.75 Å². The van der Waals surface area contributed by atoms with Crippen LogP contribution in [0.1, 0.15) is 51.0 Å². The number of aromatic hydroxyl groups is 1. The molecule has 1 aromatic carbocycles. The van der Waals surface area contributed by atoms with E-state index in [1.807, 2.05) is 6.07 Å². The van der Waals surface area contributed by atoms with Crippen molar-refractivity contribution in [3.63, 3.8) is 0 Å². The van der Waals surface area contributed by atoms with Crippen LogP contribution in [-0.4, -0.2) is 29.9 Å². The lowest BCUT2D eigenvalue weighted by molar-refractivity contribution is -0.161. The molecule has 1 aliphatic carbocycles. The van der Waals surface area contributed by atoms with Crippen LogP contribution in [-0.2, 0) is 20.7 Å². The molecule has 0 heterocycles. The third-order valence-electron chi connectivity index (χ3n) is 4.00. The van der Waals surface area contributed by atoms with E-state index in [9.17, 15) is 9.90 Å². The number of phenolic OH excluding ortho intramolecular Hbond substituents is 1. The molecule has 1 aromatic rings. The van der Waals surface area contributed by atoms with Crippen LogP contribution >= 0.6 is 0 Å². The van der Waals surface area contributed by atoms with Crippen LogP contribution in [0.25, 0.3) is 0 Å². The number of ether oxygens (including phenoxy) is 2. The van der Waals surface area contributed by atoms with E-state index in [0.717, 1.165) is 44.1 Å². The predicted molar refractivity (Wildman–Crippen MR) is 84.8 cm³/mol. The van der Waals surface area contributed by atoms with Crippen molar-refractivity contribution < 1.29 is 19.4 Å². The Morgan fingerprint density at radius 1 is 1.36 bits per heavy atom. The van der Waals surface area contributed by atoms with Gasteiger partial charge < -0.3 is 14.6 Å². The van der Waals surface area contributed by atoms with Gasteiger partial charge in [-0.1, -0.05) is 38.3 Å². The maximum absolute atomic E-state index is 12.3. The first-order chi connectivity index (χ1) is 10.7. The Balaban J connectivity index is 1.97. The second-order valence-electron chi connectivity index (χ2n) is 5.93. The number of rotatable bonds is 8. The molecule has 122 valence electrons. The summed E-state index contributed by atoms with van der Waals surface area (Å²) < 4.78 is 11.3. The summed E-state index contributed by atoms with van der Waals surface area (Å²) in [5.41, 5.74) is 0.885. The lowest BCUT2D eigenvalue weighted by Gasteiger charge is -2.21. The summed E-state index contributed by atoms with van der Waals surface area (Å²) in [5.74, 6) is -0.0832. The van der Waals surface area contributed by atoms with E-state index in [1.165, 1.54) is 0 Å². The Kier molecular flexibility index (Phi) is 6.72. The van der Waals surface area contributed by atoms with Crippen LogP contribution in [0, 0.1) is 0 Å². The summed E-state index contributed by atoms with van der Waals surface area (Å²) in [5, 5.41) is 9.57. The van der Waals surface area contributed by atoms with Crippen LogP contribution in [0.4, 0.5) is 0 Å². The second-order valence-corrected chi connectivity index (χ2v) is 5.93. The zero-order valence-electron chi connectivity index (χ0n) is 13.3. The summed E-state index contributed by atoms with van der Waals surface area (Å²) in [6.45, 7) is 2.51. The van der Waals surface area contributed by atoms with E-state index in [1.54, 1.807) is 18.2 Å². The Morgan fingerprint density at radius 2 is 2.14 bits per heavy atom. The first-order valence-corrected chi connectivity index (χ1v) is 8.29. The molecule has 1 fully saturated rings. The lowest BCUT2D eigenvalue weighted by Crippen LogP contribution is -2.32. The van der Waals surface area contributed by atoms with Crippen molar-refractivity contribution in [2.24, 2.45) is 0 Å². The molecule has 0 bridgehead atoms. The summed E-state index contributed by atoms with van der Waals surface area (Å²) in [7, 11) is 0. The van der Waals surface area contributed by atoms with Gasteiger partial charge in [-0.25, -0.2) is 4.79 Å². The molecular formula is C18H26O4. The molecule has 1 atom stereocenters. The number of carbonyl (C=O) groups excluding carboxylic acids is 1. The highest BCUT2D eigenvalue weighted by atomic mass is 16.6. The molecule has 0 aliphatic heterocycles. The standard InChI is InChI=1S/C18H26O4/c1-2-3-11-21-18(20)17(22-16-9-4-5-10-16)13-14-7-6-8-15(19)12-14/h6-8,12,16-17,19H,2-5,9-11,13H2,1H3. The normalized spacial score (nSPS) is 16.6. The molecule has 2 rings (SSSR count). The van der Waals surface area contributed by atoms with E-state index in [0.29, 0.717) is 13.0 Å². The maximum Gasteiger partial charge on any atom is 0.335 e. The predicted octanol–water partition coefficient (Wildman–Crippen LogP) is 3.61. The van der Waals surface area contributed by atoms with Gasteiger partial charge in [0.25, 0.3) is 0 Å². The number of unbranched alkanes of at least 4 members (excludes halogenated alkanes) is 1. The van der Waals surface area contributed by atoms with E-state index in [-0.39, 0.29) is 17.8 Å². The first-order valence-electron chi connectivity index (χ1n) is 8.29. The largest absolute Gasteiger partial charge is 0.508 e. The van der Waals surface area contributed by atoms with Gasteiger partial charge in [-0.2, -0.15) is 0 Å². The first kappa shape index (κ1) is 16.8. The number of hydrogen-bond donors (Lipinski definition) is 1. The minimum absolute atomic E-state index is 0.154. The summed E-state index contributed by atoms with van der Waals surface area (Å²) >= 11 is 0. The van der Waals surface area contributed by atoms with Gasteiger partial charge >= 0.3 is 5.97 Å². The molecule has 0 aromatic heterocycles. The van der Waals surface area contributed by atoms with Crippen LogP contribution in [0.5, 0.6) is 5.75 Å². The molecule has 4 nitrogen and oxygen atoms in total. The highest BCUT2D eigenvalue weighted by Gasteiger charge is 2.27. The minimum Gasteiger partial charge on any atom is -0.508 e. The van der Waals surface area contributed by atoms with Crippen LogP contribution < -0.4 is 0 Å². The van der Waals surface area contributed by atoms with E-state index in [4.69, 9.17) is 9.47 Å². The van der Waals surface area contributed by atoms with Gasteiger partial charge in [0.05, 0.1) is 12.7 Å². The molecular weight excluding hydrogens is 280 g/mol. The number of hydrogen-bond acceptors (Lipinski definition) is 4. The number of benzene rings is 1. The SMILES string of the molecule is CCCCOC(=O)C(Cc1cccc(O)c1)OC1CCCC1. The zero-order valence-corrected chi connectivity index (χ0v) is 13.3. The minimum atomic E-state index is -0.582. The molecule has 1 saturated carbocycles. The Labute approximate surface area is 132 Å². The van der Waals surface area contributed by atoms with Crippen LogP contribution in [0.3, 0.4) is 0 Å². The van der Waals surface area contributed by atoms with Crippen molar-refractivity contribution in [2.75, 3.05) is 6.61 Å². The fourth-order valence-electron chi connectivity index (χ4n) is 2.75. The van der Waals surface area contributed by atoms with Crippen molar-refractivity contribution in [3.8, 4) is 5.75 Å². The Morgan fingerprint density at radius 3 is 2.82 bits per heavy atom. The third kappa shape index (κ3) is 5.34. The van der Waals surface area contributed by atoms with Gasteiger partial charge in [0.15, 0.2) is 6.10 Å². The second kappa shape index (κ2) is 8.79. The van der Waals surface area contributed by atoms with Gasteiger partial charge in [0, 0.05) is 6.42 Å². The van der Waals surface area contributed by atoms with Gasteiger partial charge in [0.2, 0.25) is 0 Å². The van der Waals surface area contributed by atoms with Crippen molar-refractivity contribution in [3.05, 3.63) is 29.8 Å². The molecule has 0 saturated heterocycles. The number of phenols is 1. The van der Waals surface area contributed by atoms with Crippen molar-refractivity contribution in [2.45, 2.75) is 64.1 Å². The van der Waals surface area contributed by atoms with Gasteiger partial charge in [-0.05, 0) is 37.0 Å². The zero-order chi connectivity index (χ0) is 15.8. The van der Waals surface area contributed by atoms with Crippen LogP contribution in [0.2, 0.25) is 0 Å². The average Bonchev–Trinajstić information content (AvgIpc) is 3.00. The number of carbonyl (C=O) groups is 1. The third-order valence-corrected chi connectivity index (χ3v) is 4.00. The summed E-state index contributed by atoms with van der Waals surface area (Å²) in [6, 6.07) is 6.96. The molecule has 22 heavy (non-hydrogen) atoms. The average molecular weight is 306 g/mol. The molecule has 4 heteroatoms. The molecule has 0 radical (unpaired) electrons. The van der Waals surface area contributed by atoms with E-state index in [2.05, 4.69) is 6.92 Å². The summed E-state index contributed by atoms with van der Waals surface area (Å²) in [6.07, 6.45) is 6.22. The maximum atomic E-state index is 12.3. The fourth-order valence-corrected chi connectivity index (χ4v) is 2.75. The summed E-state index contributed by atoms with van der Waals surface area (Å²) in [4.78, 5) is 12.3. The van der Waals surface area contributed by atoms with Crippen molar-refractivity contribution >= 4 is 5.97 Å². The molecule has 1 N–H and O–H groups in total. The smallest absolute Gasteiger partial charge is 0.335 e. The highest BCUT2D eigenvalue weighted by Crippen LogP contribution is 2.24. The van der Waals surface area contributed by atoms with Gasteiger partial charge in [-0.3, -0.25) is 0 Å². The molecule has 0 spiro atoms. The van der Waals surface area contributed by atoms with Crippen LogP contribution in [0.15, 0.2) is 24.3 Å². The quantitative estimate of drug-likeness (QED) is 0.589. The Hall–Kier alpha value is -1.55. The lowest BCUT2D eigenvalue weighted by atomic mass is 10.1. The Bertz CT molecular complexity index is 466. The van der Waals surface area contributed by atoms with E-state index < -0.39 is 6.10 Å². The highest BCUT2D eigenvalue weighted by molar-refractivity contribution is 5.75. The van der Waals surface area contributed by atoms with Crippen molar-refractivity contribution in [1.29, 1.82) is 0 Å². The topological polar surface area (TPSA) is 55.8 Å². The van der Waals surface area contributed by atoms with Gasteiger partial charge in [-0.15, -0.1) is 0 Å². The van der Waals surface area contributed by atoms with E-state index >= 15 is 0 Å². The monoisotopic (exact) mass is 306 g/mol. The molecule has 0 amide bonds. The molecule has 1 aliphatic rings. The number of esters is 1. The molecule has 1 unspecified atom stereocenters. The van der Waals surface area contributed by atoms with Crippen molar-refractivity contribution in [1.82, 2.24) is 0 Å².